The molecule has 6 heteroatoms. The summed E-state index contributed by atoms with van der Waals surface area (Å²) in [5.41, 5.74) is 4.91. The SMILES string of the molecule is CC(O)(CN=C(N)NC1CCCC1)c1cccs1.I. The summed E-state index contributed by atoms with van der Waals surface area (Å²) in [6.45, 7) is 2.06. The number of hydrogen-bond donors (Lipinski definition) is 3. The van der Waals surface area contributed by atoms with Crippen LogP contribution in [0.15, 0.2) is 22.5 Å². The fourth-order valence-electron chi connectivity index (χ4n) is 2.23. The number of hydrogen-bond acceptors (Lipinski definition) is 3. The lowest BCUT2D eigenvalue weighted by molar-refractivity contribution is 0.0712. The minimum atomic E-state index is -0.934. The van der Waals surface area contributed by atoms with Crippen LogP contribution in [0.25, 0.3) is 0 Å². The summed E-state index contributed by atoms with van der Waals surface area (Å²) >= 11 is 1.53. The standard InChI is InChI=1S/C13H21N3OS.HI/c1-13(17,11-7-4-8-18-11)9-15-12(14)16-10-5-2-3-6-10;/h4,7-8,10,17H,2-3,5-6,9H2,1H3,(H3,14,15,16);1H. The van der Waals surface area contributed by atoms with Gasteiger partial charge in [-0.2, -0.15) is 0 Å². The molecule has 1 unspecified atom stereocenters. The van der Waals surface area contributed by atoms with Gasteiger partial charge >= 0.3 is 0 Å². The van der Waals surface area contributed by atoms with E-state index in [4.69, 9.17) is 5.73 Å². The van der Waals surface area contributed by atoms with Crippen molar-refractivity contribution in [3.05, 3.63) is 22.4 Å². The van der Waals surface area contributed by atoms with E-state index in [0.717, 1.165) is 17.7 Å². The van der Waals surface area contributed by atoms with E-state index in [1.54, 1.807) is 6.92 Å². The first-order chi connectivity index (χ1) is 8.58. The van der Waals surface area contributed by atoms with Gasteiger partial charge in [0.1, 0.15) is 5.60 Å². The van der Waals surface area contributed by atoms with Crippen LogP contribution in [0.5, 0.6) is 0 Å². The Labute approximate surface area is 135 Å². The lowest BCUT2D eigenvalue weighted by Crippen LogP contribution is -2.39. The summed E-state index contributed by atoms with van der Waals surface area (Å²) in [5, 5.41) is 15.5. The van der Waals surface area contributed by atoms with E-state index in [0.29, 0.717) is 18.5 Å². The number of rotatable bonds is 4. The summed E-state index contributed by atoms with van der Waals surface area (Å²) < 4.78 is 0. The van der Waals surface area contributed by atoms with Crippen LogP contribution >= 0.6 is 35.3 Å². The highest BCUT2D eigenvalue weighted by Gasteiger charge is 2.24. The van der Waals surface area contributed by atoms with Crippen molar-refractivity contribution in [3.63, 3.8) is 0 Å². The van der Waals surface area contributed by atoms with Crippen LogP contribution in [0, 0.1) is 0 Å². The van der Waals surface area contributed by atoms with E-state index >= 15 is 0 Å². The fourth-order valence-corrected chi connectivity index (χ4v) is 3.01. The molecule has 0 amide bonds. The summed E-state index contributed by atoms with van der Waals surface area (Å²) in [5.74, 6) is 0.443. The second-order valence-corrected chi connectivity index (χ2v) is 6.03. The predicted molar refractivity (Wildman–Crippen MR) is 91.2 cm³/mol. The number of halogens is 1. The third kappa shape index (κ3) is 4.92. The van der Waals surface area contributed by atoms with Crippen molar-refractivity contribution in [3.8, 4) is 0 Å². The summed E-state index contributed by atoms with van der Waals surface area (Å²) in [6.07, 6.45) is 4.85. The number of nitrogens with zero attached hydrogens (tertiary/aromatic N) is 1. The largest absolute Gasteiger partial charge is 0.383 e. The van der Waals surface area contributed by atoms with Gasteiger partial charge in [-0.15, -0.1) is 35.3 Å². The molecule has 1 aliphatic carbocycles. The quantitative estimate of drug-likeness (QED) is 0.417. The Morgan fingerprint density at radius 3 is 2.84 bits per heavy atom. The van der Waals surface area contributed by atoms with E-state index in [1.807, 2.05) is 17.5 Å². The van der Waals surface area contributed by atoms with Gasteiger partial charge in [-0.25, -0.2) is 0 Å². The van der Waals surface area contributed by atoms with Crippen LogP contribution in [-0.4, -0.2) is 23.7 Å². The molecule has 0 aromatic carbocycles. The molecule has 1 aromatic rings. The lowest BCUT2D eigenvalue weighted by Gasteiger charge is -2.20. The Morgan fingerprint density at radius 2 is 2.26 bits per heavy atom. The zero-order valence-corrected chi connectivity index (χ0v) is 14.3. The molecule has 1 aromatic heterocycles. The molecule has 1 aliphatic rings. The van der Waals surface area contributed by atoms with Gasteiger partial charge < -0.3 is 16.2 Å². The number of nitrogens with one attached hydrogen (secondary N) is 1. The molecule has 4 N–H and O–H groups in total. The predicted octanol–water partition coefficient (Wildman–Crippen LogP) is 2.42. The minimum absolute atomic E-state index is 0. The molecule has 108 valence electrons. The molecular formula is C13H22IN3OS. The number of aliphatic imine (C=N–C) groups is 1. The molecule has 1 saturated carbocycles. The van der Waals surface area contributed by atoms with Gasteiger partial charge in [0.25, 0.3) is 0 Å². The normalized spacial score (nSPS) is 19.8. The van der Waals surface area contributed by atoms with Crippen molar-refractivity contribution in [2.24, 2.45) is 10.7 Å². The fraction of sp³-hybridized carbons (Fsp3) is 0.615. The molecule has 0 spiro atoms. The van der Waals surface area contributed by atoms with E-state index < -0.39 is 5.60 Å². The first-order valence-corrected chi connectivity index (χ1v) is 7.29. The average molecular weight is 395 g/mol. The molecule has 0 bridgehead atoms. The maximum absolute atomic E-state index is 10.3. The molecule has 1 atom stereocenters. The Bertz CT molecular complexity index is 400. The highest BCUT2D eigenvalue weighted by Crippen LogP contribution is 2.25. The van der Waals surface area contributed by atoms with Crippen LogP contribution in [0.4, 0.5) is 0 Å². The number of guanidine groups is 1. The van der Waals surface area contributed by atoms with Gasteiger partial charge in [0.15, 0.2) is 5.96 Å². The maximum atomic E-state index is 10.3. The molecule has 19 heavy (non-hydrogen) atoms. The smallest absolute Gasteiger partial charge is 0.188 e. The van der Waals surface area contributed by atoms with Crippen molar-refractivity contribution in [2.75, 3.05) is 6.54 Å². The second kappa shape index (κ2) is 7.44. The molecule has 0 radical (unpaired) electrons. The molecule has 0 saturated heterocycles. The Kier molecular flexibility index (Phi) is 6.55. The van der Waals surface area contributed by atoms with E-state index in [2.05, 4.69) is 10.3 Å². The Morgan fingerprint density at radius 1 is 1.58 bits per heavy atom. The average Bonchev–Trinajstić information content (AvgIpc) is 2.99. The Balaban J connectivity index is 0.00000180. The van der Waals surface area contributed by atoms with E-state index in [9.17, 15) is 5.11 Å². The van der Waals surface area contributed by atoms with Crippen LogP contribution in [0.3, 0.4) is 0 Å². The molecule has 1 fully saturated rings. The second-order valence-electron chi connectivity index (χ2n) is 5.08. The van der Waals surface area contributed by atoms with Gasteiger partial charge in [-0.05, 0) is 31.2 Å². The summed E-state index contributed by atoms with van der Waals surface area (Å²) in [4.78, 5) is 5.17. The molecule has 1 heterocycles. The Hall–Kier alpha value is -0.340. The minimum Gasteiger partial charge on any atom is -0.383 e. The molecule has 2 rings (SSSR count). The van der Waals surface area contributed by atoms with E-state index in [1.165, 1.54) is 24.2 Å². The molecule has 0 aliphatic heterocycles. The third-order valence-electron chi connectivity index (χ3n) is 3.32. The lowest BCUT2D eigenvalue weighted by atomic mass is 10.1. The first-order valence-electron chi connectivity index (χ1n) is 6.41. The van der Waals surface area contributed by atoms with Crippen molar-refractivity contribution in [1.29, 1.82) is 0 Å². The number of nitrogens with two attached hydrogens (primary N) is 1. The maximum Gasteiger partial charge on any atom is 0.188 e. The topological polar surface area (TPSA) is 70.6 Å². The molecule has 4 nitrogen and oxygen atoms in total. The summed E-state index contributed by atoms with van der Waals surface area (Å²) in [6, 6.07) is 4.31. The van der Waals surface area contributed by atoms with Crippen LogP contribution in [-0.2, 0) is 5.60 Å². The van der Waals surface area contributed by atoms with Crippen molar-refractivity contribution >= 4 is 41.3 Å². The third-order valence-corrected chi connectivity index (χ3v) is 4.44. The zero-order chi connectivity index (χ0) is 13.0. The van der Waals surface area contributed by atoms with Gasteiger partial charge in [0, 0.05) is 10.9 Å². The van der Waals surface area contributed by atoms with Crippen molar-refractivity contribution in [2.45, 2.75) is 44.2 Å². The van der Waals surface area contributed by atoms with Crippen LogP contribution in [0.1, 0.15) is 37.5 Å². The first kappa shape index (κ1) is 16.7. The van der Waals surface area contributed by atoms with Gasteiger partial charge in [-0.3, -0.25) is 4.99 Å². The van der Waals surface area contributed by atoms with Crippen LogP contribution in [0.2, 0.25) is 0 Å². The van der Waals surface area contributed by atoms with Gasteiger partial charge in [-0.1, -0.05) is 18.9 Å². The zero-order valence-electron chi connectivity index (χ0n) is 11.1. The molecular weight excluding hydrogens is 373 g/mol. The number of thiophene rings is 1. The van der Waals surface area contributed by atoms with Crippen molar-refractivity contribution in [1.82, 2.24) is 5.32 Å². The highest BCUT2D eigenvalue weighted by atomic mass is 127. The van der Waals surface area contributed by atoms with Crippen molar-refractivity contribution < 1.29 is 5.11 Å². The monoisotopic (exact) mass is 395 g/mol. The highest BCUT2D eigenvalue weighted by molar-refractivity contribution is 14.0. The number of aliphatic hydroxyl groups is 1. The summed E-state index contributed by atoms with van der Waals surface area (Å²) in [7, 11) is 0. The van der Waals surface area contributed by atoms with Gasteiger partial charge in [0.2, 0.25) is 0 Å². The van der Waals surface area contributed by atoms with Crippen LogP contribution < -0.4 is 11.1 Å². The van der Waals surface area contributed by atoms with E-state index in [-0.39, 0.29) is 24.0 Å². The van der Waals surface area contributed by atoms with Gasteiger partial charge in [0.05, 0.1) is 6.54 Å².